The zero-order valence-electron chi connectivity index (χ0n) is 11.7. The van der Waals surface area contributed by atoms with Crippen LogP contribution < -0.4 is 10.6 Å². The van der Waals surface area contributed by atoms with Crippen LogP contribution in [0.2, 0.25) is 0 Å². The van der Waals surface area contributed by atoms with Gasteiger partial charge in [0.1, 0.15) is 5.82 Å². The molecule has 0 spiro atoms. The Kier molecular flexibility index (Phi) is 4.90. The highest BCUT2D eigenvalue weighted by Gasteiger charge is 2.36. The Morgan fingerprint density at radius 1 is 1.14 bits per heavy atom. The zero-order valence-corrected chi connectivity index (χ0v) is 11.7. The van der Waals surface area contributed by atoms with E-state index < -0.39 is 17.4 Å². The summed E-state index contributed by atoms with van der Waals surface area (Å²) in [5.41, 5.74) is 0.0416. The molecular formula is C15H19FN2O3. The lowest BCUT2D eigenvalue weighted by molar-refractivity contribution is -0.140. The van der Waals surface area contributed by atoms with Crippen molar-refractivity contribution in [1.29, 1.82) is 0 Å². The molecule has 114 valence electrons. The molecular weight excluding hydrogens is 275 g/mol. The Labute approximate surface area is 122 Å². The first-order valence-corrected chi connectivity index (χ1v) is 7.00. The van der Waals surface area contributed by atoms with Gasteiger partial charge in [-0.25, -0.2) is 4.39 Å². The molecule has 6 heteroatoms. The number of aliphatic hydroxyl groups is 1. The largest absolute Gasteiger partial charge is 0.394 e. The molecule has 0 unspecified atom stereocenters. The van der Waals surface area contributed by atoms with Crippen LogP contribution in [-0.2, 0) is 16.1 Å². The van der Waals surface area contributed by atoms with Crippen molar-refractivity contribution in [1.82, 2.24) is 10.6 Å². The molecule has 0 heterocycles. The van der Waals surface area contributed by atoms with Crippen LogP contribution in [0.4, 0.5) is 4.39 Å². The van der Waals surface area contributed by atoms with E-state index in [-0.39, 0.29) is 19.0 Å². The van der Waals surface area contributed by atoms with Gasteiger partial charge in [-0.2, -0.15) is 0 Å². The van der Waals surface area contributed by atoms with Crippen molar-refractivity contribution in [2.45, 2.75) is 37.8 Å². The average Bonchev–Trinajstić information content (AvgIpc) is 2.95. The maximum Gasteiger partial charge on any atom is 0.309 e. The van der Waals surface area contributed by atoms with Crippen LogP contribution in [0.3, 0.4) is 0 Å². The van der Waals surface area contributed by atoms with Gasteiger partial charge < -0.3 is 15.7 Å². The average molecular weight is 294 g/mol. The van der Waals surface area contributed by atoms with Gasteiger partial charge in [0.15, 0.2) is 0 Å². The Hall–Kier alpha value is -1.95. The minimum absolute atomic E-state index is 0.151. The Morgan fingerprint density at radius 3 is 2.33 bits per heavy atom. The smallest absolute Gasteiger partial charge is 0.309 e. The van der Waals surface area contributed by atoms with E-state index in [1.807, 2.05) is 0 Å². The minimum Gasteiger partial charge on any atom is -0.394 e. The van der Waals surface area contributed by atoms with Crippen molar-refractivity contribution in [3.63, 3.8) is 0 Å². The normalized spacial score (nSPS) is 16.5. The van der Waals surface area contributed by atoms with Crippen molar-refractivity contribution in [2.24, 2.45) is 0 Å². The molecule has 0 bridgehead atoms. The number of rotatable bonds is 4. The summed E-state index contributed by atoms with van der Waals surface area (Å²) in [5, 5.41) is 14.5. The number of carbonyl (C=O) groups is 2. The van der Waals surface area contributed by atoms with Crippen LogP contribution >= 0.6 is 0 Å². The summed E-state index contributed by atoms with van der Waals surface area (Å²) in [4.78, 5) is 23.6. The van der Waals surface area contributed by atoms with Crippen molar-refractivity contribution in [2.75, 3.05) is 6.61 Å². The van der Waals surface area contributed by atoms with E-state index in [0.29, 0.717) is 18.4 Å². The summed E-state index contributed by atoms with van der Waals surface area (Å²) in [6.45, 7) is -0.0113. The molecule has 3 N–H and O–H groups in total. The van der Waals surface area contributed by atoms with Crippen LogP contribution in [-0.4, -0.2) is 29.1 Å². The third-order valence-corrected chi connectivity index (χ3v) is 3.81. The zero-order chi connectivity index (χ0) is 15.3. The van der Waals surface area contributed by atoms with Crippen LogP contribution in [0, 0.1) is 5.82 Å². The highest BCUT2D eigenvalue weighted by molar-refractivity contribution is 6.35. The van der Waals surface area contributed by atoms with Gasteiger partial charge in [0.25, 0.3) is 0 Å². The lowest BCUT2D eigenvalue weighted by atomic mass is 9.99. The fourth-order valence-corrected chi connectivity index (χ4v) is 2.54. The Bertz CT molecular complexity index is 510. The Balaban J connectivity index is 1.85. The van der Waals surface area contributed by atoms with Crippen molar-refractivity contribution < 1.29 is 19.1 Å². The first kappa shape index (κ1) is 15.4. The molecule has 0 aliphatic heterocycles. The number of halogens is 1. The van der Waals surface area contributed by atoms with Gasteiger partial charge in [-0.1, -0.05) is 25.0 Å². The molecule has 0 aromatic heterocycles. The molecule has 1 aromatic carbocycles. The number of carbonyl (C=O) groups excluding carboxylic acids is 2. The molecule has 2 rings (SSSR count). The first-order chi connectivity index (χ1) is 10.0. The van der Waals surface area contributed by atoms with Gasteiger partial charge >= 0.3 is 11.8 Å². The van der Waals surface area contributed by atoms with Crippen molar-refractivity contribution >= 4 is 11.8 Å². The summed E-state index contributed by atoms with van der Waals surface area (Å²) in [5.74, 6) is -1.85. The topological polar surface area (TPSA) is 78.4 Å². The second kappa shape index (κ2) is 6.67. The molecule has 1 fully saturated rings. The SMILES string of the molecule is O=C(NCc1ccc(F)cc1)C(=O)NC1(CO)CCCC1. The Morgan fingerprint density at radius 2 is 1.76 bits per heavy atom. The fraction of sp³-hybridized carbons (Fsp3) is 0.467. The summed E-state index contributed by atoms with van der Waals surface area (Å²) in [6.07, 6.45) is 3.22. The monoisotopic (exact) mass is 294 g/mol. The molecule has 0 saturated heterocycles. The fourth-order valence-electron chi connectivity index (χ4n) is 2.54. The van der Waals surface area contributed by atoms with Gasteiger partial charge in [0.05, 0.1) is 12.1 Å². The molecule has 21 heavy (non-hydrogen) atoms. The number of benzene rings is 1. The molecule has 0 atom stereocenters. The van der Waals surface area contributed by atoms with E-state index in [0.717, 1.165) is 12.8 Å². The quantitative estimate of drug-likeness (QED) is 0.721. The van der Waals surface area contributed by atoms with Crippen molar-refractivity contribution in [3.8, 4) is 0 Å². The molecule has 0 radical (unpaired) electrons. The second-order valence-electron chi connectivity index (χ2n) is 5.41. The number of aliphatic hydroxyl groups excluding tert-OH is 1. The lowest BCUT2D eigenvalue weighted by Gasteiger charge is -2.27. The van der Waals surface area contributed by atoms with Gasteiger partial charge in [-0.15, -0.1) is 0 Å². The highest BCUT2D eigenvalue weighted by Crippen LogP contribution is 2.28. The van der Waals surface area contributed by atoms with E-state index in [4.69, 9.17) is 0 Å². The predicted molar refractivity (Wildman–Crippen MR) is 74.7 cm³/mol. The third kappa shape index (κ3) is 4.01. The number of hydrogen-bond acceptors (Lipinski definition) is 3. The number of hydrogen-bond donors (Lipinski definition) is 3. The van der Waals surface area contributed by atoms with Crippen LogP contribution in [0.1, 0.15) is 31.2 Å². The first-order valence-electron chi connectivity index (χ1n) is 7.00. The van der Waals surface area contributed by atoms with Crippen LogP contribution in [0.25, 0.3) is 0 Å². The third-order valence-electron chi connectivity index (χ3n) is 3.81. The van der Waals surface area contributed by atoms with Crippen LogP contribution in [0.5, 0.6) is 0 Å². The maximum atomic E-state index is 12.7. The minimum atomic E-state index is -0.751. The van der Waals surface area contributed by atoms with Gasteiger partial charge in [-0.05, 0) is 30.5 Å². The summed E-state index contributed by atoms with van der Waals surface area (Å²) in [6, 6.07) is 5.67. The van der Waals surface area contributed by atoms with Gasteiger partial charge in [0, 0.05) is 6.54 Å². The maximum absolute atomic E-state index is 12.7. The summed E-state index contributed by atoms with van der Waals surface area (Å²) < 4.78 is 12.7. The van der Waals surface area contributed by atoms with E-state index >= 15 is 0 Å². The van der Waals surface area contributed by atoms with Gasteiger partial charge in [-0.3, -0.25) is 9.59 Å². The summed E-state index contributed by atoms with van der Waals surface area (Å²) >= 11 is 0. The lowest BCUT2D eigenvalue weighted by Crippen LogP contribution is -2.53. The van der Waals surface area contributed by atoms with Crippen molar-refractivity contribution in [3.05, 3.63) is 35.6 Å². The predicted octanol–water partition coefficient (Wildman–Crippen LogP) is 0.863. The molecule has 1 saturated carbocycles. The van der Waals surface area contributed by atoms with E-state index in [1.165, 1.54) is 12.1 Å². The molecule has 1 aromatic rings. The molecule has 5 nitrogen and oxygen atoms in total. The summed E-state index contributed by atoms with van der Waals surface area (Å²) in [7, 11) is 0. The highest BCUT2D eigenvalue weighted by atomic mass is 19.1. The van der Waals surface area contributed by atoms with E-state index in [2.05, 4.69) is 10.6 Å². The van der Waals surface area contributed by atoms with E-state index in [1.54, 1.807) is 12.1 Å². The van der Waals surface area contributed by atoms with Crippen LogP contribution in [0.15, 0.2) is 24.3 Å². The second-order valence-corrected chi connectivity index (χ2v) is 5.41. The number of amides is 2. The van der Waals surface area contributed by atoms with E-state index in [9.17, 15) is 19.1 Å². The molecule has 2 amide bonds. The number of nitrogens with one attached hydrogen (secondary N) is 2. The molecule has 1 aliphatic carbocycles. The molecule has 1 aliphatic rings. The van der Waals surface area contributed by atoms with Gasteiger partial charge in [0.2, 0.25) is 0 Å². The standard InChI is InChI=1S/C15H19FN2O3/c16-12-5-3-11(4-6-12)9-17-13(20)14(21)18-15(10-19)7-1-2-8-15/h3-6,19H,1-2,7-10H2,(H,17,20)(H,18,21).